The summed E-state index contributed by atoms with van der Waals surface area (Å²) in [5.74, 6) is 0.404. The summed E-state index contributed by atoms with van der Waals surface area (Å²) in [6.45, 7) is 0.275. The summed E-state index contributed by atoms with van der Waals surface area (Å²) in [5, 5.41) is 11.7. The van der Waals surface area contributed by atoms with E-state index in [1.165, 1.54) is 18.2 Å². The largest absolute Gasteiger partial charge is 0.485 e. The summed E-state index contributed by atoms with van der Waals surface area (Å²) in [6, 6.07) is 11.9. The van der Waals surface area contributed by atoms with Crippen LogP contribution >= 0.6 is 22.9 Å². The lowest BCUT2D eigenvalue weighted by molar-refractivity contribution is -0.384. The molecule has 5 nitrogen and oxygen atoms in total. The van der Waals surface area contributed by atoms with Crippen LogP contribution in [0.25, 0.3) is 10.2 Å². The van der Waals surface area contributed by atoms with E-state index in [4.69, 9.17) is 16.3 Å². The van der Waals surface area contributed by atoms with Crippen LogP contribution in [0.3, 0.4) is 0 Å². The highest BCUT2D eigenvalue weighted by Gasteiger charge is 2.11. The number of nitro groups is 1. The van der Waals surface area contributed by atoms with E-state index in [1.54, 1.807) is 11.3 Å². The van der Waals surface area contributed by atoms with E-state index in [9.17, 15) is 10.1 Å². The topological polar surface area (TPSA) is 65.3 Å². The maximum atomic E-state index is 10.6. The molecule has 0 amide bonds. The third kappa shape index (κ3) is 2.96. The van der Waals surface area contributed by atoms with Crippen molar-refractivity contribution >= 4 is 38.8 Å². The fraction of sp³-hybridized carbons (Fsp3) is 0.0714. The first-order valence-corrected chi connectivity index (χ1v) is 7.24. The van der Waals surface area contributed by atoms with Gasteiger partial charge in [-0.25, -0.2) is 4.98 Å². The zero-order valence-electron chi connectivity index (χ0n) is 10.7. The smallest absolute Gasteiger partial charge is 0.271 e. The van der Waals surface area contributed by atoms with E-state index in [0.717, 1.165) is 15.2 Å². The first-order valence-electron chi connectivity index (χ1n) is 6.04. The van der Waals surface area contributed by atoms with Crippen molar-refractivity contribution in [3.8, 4) is 5.75 Å². The van der Waals surface area contributed by atoms with E-state index >= 15 is 0 Å². The number of hydrogen-bond acceptors (Lipinski definition) is 5. The van der Waals surface area contributed by atoms with Crippen LogP contribution in [0.15, 0.2) is 42.5 Å². The molecule has 0 N–H and O–H groups in total. The zero-order chi connectivity index (χ0) is 14.8. The van der Waals surface area contributed by atoms with Crippen LogP contribution in [-0.4, -0.2) is 9.91 Å². The van der Waals surface area contributed by atoms with Crippen LogP contribution in [0.1, 0.15) is 5.01 Å². The van der Waals surface area contributed by atoms with Crippen molar-refractivity contribution in [2.24, 2.45) is 0 Å². The third-order valence-electron chi connectivity index (χ3n) is 2.82. The van der Waals surface area contributed by atoms with E-state index in [1.807, 2.05) is 24.3 Å². The van der Waals surface area contributed by atoms with E-state index in [0.29, 0.717) is 5.75 Å². The number of hydrogen-bond donors (Lipinski definition) is 0. The number of nitrogens with zero attached hydrogens (tertiary/aromatic N) is 2. The summed E-state index contributed by atoms with van der Waals surface area (Å²) >= 11 is 7.51. The summed E-state index contributed by atoms with van der Waals surface area (Å²) in [7, 11) is 0. The van der Waals surface area contributed by atoms with Crippen molar-refractivity contribution in [3.63, 3.8) is 0 Å². The SMILES string of the molecule is O=[N+]([O-])c1ccc(OCc2nc3ccccc3s2)c(Cl)c1. The number of non-ortho nitro benzene ring substituents is 1. The van der Waals surface area contributed by atoms with Crippen molar-refractivity contribution in [2.45, 2.75) is 6.61 Å². The van der Waals surface area contributed by atoms with Gasteiger partial charge in [0.25, 0.3) is 5.69 Å². The van der Waals surface area contributed by atoms with Crippen molar-refractivity contribution in [3.05, 3.63) is 62.6 Å². The molecular weight excluding hydrogens is 312 g/mol. The van der Waals surface area contributed by atoms with Gasteiger partial charge >= 0.3 is 0 Å². The maximum absolute atomic E-state index is 10.6. The van der Waals surface area contributed by atoms with Crippen molar-refractivity contribution in [1.29, 1.82) is 0 Å². The molecular formula is C14H9ClN2O3S. The Morgan fingerprint density at radius 3 is 2.81 bits per heavy atom. The second kappa shape index (κ2) is 5.67. The Kier molecular flexibility index (Phi) is 3.72. The number of nitro benzene ring substituents is 1. The molecule has 0 spiro atoms. The molecule has 0 aliphatic carbocycles. The number of halogens is 1. The van der Waals surface area contributed by atoms with Crippen molar-refractivity contribution in [2.75, 3.05) is 0 Å². The molecule has 3 rings (SSSR count). The van der Waals surface area contributed by atoms with Crippen LogP contribution in [0.2, 0.25) is 5.02 Å². The molecule has 0 radical (unpaired) electrons. The van der Waals surface area contributed by atoms with Crippen molar-refractivity contribution < 1.29 is 9.66 Å². The predicted octanol–water partition coefficient (Wildman–Crippen LogP) is 4.44. The maximum Gasteiger partial charge on any atom is 0.271 e. The minimum absolute atomic E-state index is 0.0627. The highest BCUT2D eigenvalue weighted by Crippen LogP contribution is 2.30. The minimum Gasteiger partial charge on any atom is -0.485 e. The average Bonchev–Trinajstić information content (AvgIpc) is 2.88. The molecule has 0 bridgehead atoms. The molecule has 7 heteroatoms. The summed E-state index contributed by atoms with van der Waals surface area (Å²) in [5.41, 5.74) is 0.864. The molecule has 106 valence electrons. The highest BCUT2D eigenvalue weighted by molar-refractivity contribution is 7.18. The van der Waals surface area contributed by atoms with Crippen molar-refractivity contribution in [1.82, 2.24) is 4.98 Å². The molecule has 1 heterocycles. The number of benzene rings is 2. The molecule has 0 aliphatic heterocycles. The Bertz CT molecular complexity index is 786. The Labute approximate surface area is 128 Å². The second-order valence-electron chi connectivity index (χ2n) is 4.24. The molecule has 3 aromatic rings. The first-order chi connectivity index (χ1) is 10.1. The van der Waals surface area contributed by atoms with E-state index < -0.39 is 4.92 Å². The monoisotopic (exact) mass is 320 g/mol. The van der Waals surface area contributed by atoms with Gasteiger partial charge < -0.3 is 4.74 Å². The zero-order valence-corrected chi connectivity index (χ0v) is 12.2. The number of para-hydroxylation sites is 1. The number of thiazole rings is 1. The van der Waals surface area contributed by atoms with Gasteiger partial charge in [0.2, 0.25) is 0 Å². The average molecular weight is 321 g/mol. The number of fused-ring (bicyclic) bond motifs is 1. The van der Waals surface area contributed by atoms with Gasteiger partial charge in [0.1, 0.15) is 17.4 Å². The van der Waals surface area contributed by atoms with Crippen LogP contribution in [0.4, 0.5) is 5.69 Å². The first kappa shape index (κ1) is 13.8. The van der Waals surface area contributed by atoms with Gasteiger partial charge in [-0.2, -0.15) is 0 Å². The molecule has 0 fully saturated rings. The van der Waals surface area contributed by atoms with Crippen LogP contribution < -0.4 is 4.74 Å². The lowest BCUT2D eigenvalue weighted by Crippen LogP contribution is -1.96. The summed E-state index contributed by atoms with van der Waals surface area (Å²) in [4.78, 5) is 14.6. The molecule has 0 saturated carbocycles. The summed E-state index contributed by atoms with van der Waals surface area (Å²) < 4.78 is 6.67. The Balaban J connectivity index is 1.76. The van der Waals surface area contributed by atoms with Gasteiger partial charge in [0.05, 0.1) is 20.2 Å². The fourth-order valence-corrected chi connectivity index (χ4v) is 2.95. The standard InChI is InChI=1S/C14H9ClN2O3S/c15-10-7-9(17(18)19)5-6-12(10)20-8-14-16-11-3-1-2-4-13(11)21-14/h1-7H,8H2. The lowest BCUT2D eigenvalue weighted by Gasteiger charge is -2.05. The molecule has 1 aromatic heterocycles. The molecule has 0 aliphatic rings. The van der Waals surface area contributed by atoms with Crippen LogP contribution in [0.5, 0.6) is 5.75 Å². The number of rotatable bonds is 4. The number of aromatic nitrogens is 1. The Morgan fingerprint density at radius 1 is 1.29 bits per heavy atom. The van der Waals surface area contributed by atoms with Crippen LogP contribution in [-0.2, 0) is 6.61 Å². The van der Waals surface area contributed by atoms with E-state index in [2.05, 4.69) is 4.98 Å². The van der Waals surface area contributed by atoms with Gasteiger partial charge in [-0.15, -0.1) is 11.3 Å². The molecule has 2 aromatic carbocycles. The van der Waals surface area contributed by atoms with Gasteiger partial charge in [0, 0.05) is 12.1 Å². The molecule has 0 unspecified atom stereocenters. The van der Waals surface area contributed by atoms with Gasteiger partial charge in [0.15, 0.2) is 0 Å². The Morgan fingerprint density at radius 2 is 2.10 bits per heavy atom. The third-order valence-corrected chi connectivity index (χ3v) is 4.12. The quantitative estimate of drug-likeness (QED) is 0.526. The van der Waals surface area contributed by atoms with Crippen LogP contribution in [0, 0.1) is 10.1 Å². The van der Waals surface area contributed by atoms with Gasteiger partial charge in [-0.3, -0.25) is 10.1 Å². The molecule has 0 saturated heterocycles. The van der Waals surface area contributed by atoms with Gasteiger partial charge in [-0.05, 0) is 18.2 Å². The molecule has 0 atom stereocenters. The minimum atomic E-state index is -0.497. The summed E-state index contributed by atoms with van der Waals surface area (Å²) in [6.07, 6.45) is 0. The predicted molar refractivity (Wildman–Crippen MR) is 82.1 cm³/mol. The lowest BCUT2D eigenvalue weighted by atomic mass is 10.3. The fourth-order valence-electron chi connectivity index (χ4n) is 1.84. The van der Waals surface area contributed by atoms with E-state index in [-0.39, 0.29) is 17.3 Å². The van der Waals surface area contributed by atoms with Gasteiger partial charge in [-0.1, -0.05) is 23.7 Å². The number of ether oxygens (including phenoxy) is 1. The highest BCUT2D eigenvalue weighted by atomic mass is 35.5. The second-order valence-corrected chi connectivity index (χ2v) is 5.76. The molecule has 21 heavy (non-hydrogen) atoms. The normalized spacial score (nSPS) is 10.7. The Hall–Kier alpha value is -2.18.